The number of aliphatic hydroxyl groups excluding tert-OH is 1. The summed E-state index contributed by atoms with van der Waals surface area (Å²) in [6, 6.07) is 13.1. The number of amides is 1. The van der Waals surface area contributed by atoms with Gasteiger partial charge in [-0.2, -0.15) is 0 Å². The lowest BCUT2D eigenvalue weighted by Gasteiger charge is -2.13. The van der Waals surface area contributed by atoms with Crippen LogP contribution in [0, 0.1) is 6.92 Å². The van der Waals surface area contributed by atoms with Gasteiger partial charge in [-0.1, -0.05) is 12.1 Å². The first kappa shape index (κ1) is 20.8. The van der Waals surface area contributed by atoms with Crippen LogP contribution in [-0.2, 0) is 4.79 Å². The van der Waals surface area contributed by atoms with Crippen LogP contribution in [0.15, 0.2) is 42.5 Å². The van der Waals surface area contributed by atoms with Crippen molar-refractivity contribution in [3.05, 3.63) is 48.0 Å². The Balaban J connectivity index is 1.24. The number of nitrogens with one attached hydrogen (secondary N) is 1. The topological polar surface area (TPSA) is 86.3 Å². The van der Waals surface area contributed by atoms with Gasteiger partial charge in [-0.3, -0.25) is 4.79 Å². The molecule has 29 heavy (non-hydrogen) atoms. The molecule has 3 rings (SSSR count). The third kappa shape index (κ3) is 6.87. The summed E-state index contributed by atoms with van der Waals surface area (Å²) in [7, 11) is 0. The summed E-state index contributed by atoms with van der Waals surface area (Å²) in [5.74, 6) is 2.63. The van der Waals surface area contributed by atoms with Crippen molar-refractivity contribution in [2.45, 2.75) is 32.3 Å². The van der Waals surface area contributed by atoms with Gasteiger partial charge in [0.05, 0.1) is 6.61 Å². The summed E-state index contributed by atoms with van der Waals surface area (Å²) in [4.78, 5) is 11.9. The SMILES string of the molecule is Cc1cccc(OCCCCC(=O)NCC(O)COc2ccc3c(c2)OCO3)c1. The molecule has 1 amide bonds. The first-order valence-electron chi connectivity index (χ1n) is 9.77. The number of rotatable bonds is 11. The van der Waals surface area contributed by atoms with E-state index >= 15 is 0 Å². The zero-order valence-electron chi connectivity index (χ0n) is 16.6. The number of hydrogen-bond acceptors (Lipinski definition) is 6. The fourth-order valence-electron chi connectivity index (χ4n) is 2.82. The zero-order chi connectivity index (χ0) is 20.5. The fraction of sp³-hybridized carbons (Fsp3) is 0.409. The number of unbranched alkanes of at least 4 members (excludes halogenated alkanes) is 1. The van der Waals surface area contributed by atoms with E-state index in [0.717, 1.165) is 24.2 Å². The lowest BCUT2D eigenvalue weighted by molar-refractivity contribution is -0.121. The van der Waals surface area contributed by atoms with Crippen LogP contribution >= 0.6 is 0 Å². The maximum atomic E-state index is 11.9. The smallest absolute Gasteiger partial charge is 0.231 e. The number of ether oxygens (including phenoxy) is 4. The third-order valence-electron chi connectivity index (χ3n) is 4.38. The first-order chi connectivity index (χ1) is 14.1. The summed E-state index contributed by atoms with van der Waals surface area (Å²) in [6.45, 7) is 3.01. The van der Waals surface area contributed by atoms with Gasteiger partial charge in [-0.05, 0) is 49.6 Å². The molecule has 0 bridgehead atoms. The first-order valence-corrected chi connectivity index (χ1v) is 9.77. The minimum absolute atomic E-state index is 0.0737. The van der Waals surface area contributed by atoms with Gasteiger partial charge in [-0.25, -0.2) is 0 Å². The van der Waals surface area contributed by atoms with Crippen molar-refractivity contribution in [3.8, 4) is 23.0 Å². The molecule has 0 saturated carbocycles. The second-order valence-corrected chi connectivity index (χ2v) is 6.91. The molecule has 156 valence electrons. The maximum absolute atomic E-state index is 11.9. The molecule has 0 radical (unpaired) electrons. The molecular formula is C22H27NO6. The summed E-state index contributed by atoms with van der Waals surface area (Å²) in [5, 5.41) is 12.7. The Morgan fingerprint density at radius 1 is 1.10 bits per heavy atom. The molecule has 0 spiro atoms. The van der Waals surface area contributed by atoms with Crippen LogP contribution in [0.25, 0.3) is 0 Å². The fourth-order valence-corrected chi connectivity index (χ4v) is 2.82. The number of carbonyl (C=O) groups excluding carboxylic acids is 1. The molecular weight excluding hydrogens is 374 g/mol. The van der Waals surface area contributed by atoms with Crippen molar-refractivity contribution < 1.29 is 28.8 Å². The van der Waals surface area contributed by atoms with Crippen LogP contribution in [0.2, 0.25) is 0 Å². The minimum atomic E-state index is -0.797. The molecule has 0 saturated heterocycles. The van der Waals surface area contributed by atoms with Crippen LogP contribution in [0.1, 0.15) is 24.8 Å². The second-order valence-electron chi connectivity index (χ2n) is 6.91. The van der Waals surface area contributed by atoms with Crippen molar-refractivity contribution >= 4 is 5.91 Å². The van der Waals surface area contributed by atoms with Gasteiger partial charge in [-0.15, -0.1) is 0 Å². The van der Waals surface area contributed by atoms with E-state index in [-0.39, 0.29) is 25.9 Å². The van der Waals surface area contributed by atoms with E-state index in [1.54, 1.807) is 18.2 Å². The highest BCUT2D eigenvalue weighted by Gasteiger charge is 2.14. The van der Waals surface area contributed by atoms with Crippen molar-refractivity contribution in [3.63, 3.8) is 0 Å². The Morgan fingerprint density at radius 3 is 2.79 bits per heavy atom. The van der Waals surface area contributed by atoms with Crippen molar-refractivity contribution in [1.29, 1.82) is 0 Å². The summed E-state index contributed by atoms with van der Waals surface area (Å²) >= 11 is 0. The van der Waals surface area contributed by atoms with Gasteiger partial charge >= 0.3 is 0 Å². The predicted octanol–water partition coefficient (Wildman–Crippen LogP) is 2.83. The molecule has 1 aliphatic heterocycles. The molecule has 0 aliphatic carbocycles. The second kappa shape index (κ2) is 10.6. The molecule has 1 aliphatic rings. The van der Waals surface area contributed by atoms with E-state index in [4.69, 9.17) is 18.9 Å². The highest BCUT2D eigenvalue weighted by Crippen LogP contribution is 2.35. The van der Waals surface area contributed by atoms with Crippen LogP contribution in [0.3, 0.4) is 0 Å². The van der Waals surface area contributed by atoms with Gasteiger partial charge in [0.2, 0.25) is 12.7 Å². The molecule has 7 heteroatoms. The predicted molar refractivity (Wildman–Crippen MR) is 108 cm³/mol. The number of benzene rings is 2. The molecule has 1 heterocycles. The molecule has 0 aromatic heterocycles. The number of aliphatic hydroxyl groups is 1. The van der Waals surface area contributed by atoms with E-state index in [0.29, 0.717) is 30.3 Å². The van der Waals surface area contributed by atoms with Gasteiger partial charge < -0.3 is 29.4 Å². The van der Waals surface area contributed by atoms with Gasteiger partial charge in [0.1, 0.15) is 24.2 Å². The van der Waals surface area contributed by atoms with Crippen LogP contribution in [0.5, 0.6) is 23.0 Å². The zero-order valence-corrected chi connectivity index (χ0v) is 16.6. The van der Waals surface area contributed by atoms with Gasteiger partial charge in [0.15, 0.2) is 11.5 Å². The minimum Gasteiger partial charge on any atom is -0.494 e. The van der Waals surface area contributed by atoms with Gasteiger partial charge in [0, 0.05) is 19.0 Å². The number of carbonyl (C=O) groups is 1. The Labute approximate surface area is 170 Å². The Bertz CT molecular complexity index is 810. The van der Waals surface area contributed by atoms with E-state index in [2.05, 4.69) is 5.32 Å². The number of fused-ring (bicyclic) bond motifs is 1. The molecule has 2 aromatic rings. The van der Waals surface area contributed by atoms with E-state index in [1.807, 2.05) is 31.2 Å². The van der Waals surface area contributed by atoms with Crippen molar-refractivity contribution in [1.82, 2.24) is 5.32 Å². The molecule has 2 aromatic carbocycles. The molecule has 2 N–H and O–H groups in total. The highest BCUT2D eigenvalue weighted by atomic mass is 16.7. The van der Waals surface area contributed by atoms with Crippen molar-refractivity contribution in [2.24, 2.45) is 0 Å². The van der Waals surface area contributed by atoms with Crippen LogP contribution in [0.4, 0.5) is 0 Å². The molecule has 0 fully saturated rings. The molecule has 1 atom stereocenters. The summed E-state index contributed by atoms with van der Waals surface area (Å²) in [5.41, 5.74) is 1.16. The average Bonchev–Trinajstić information content (AvgIpc) is 3.18. The molecule has 1 unspecified atom stereocenters. The average molecular weight is 401 g/mol. The number of hydrogen-bond donors (Lipinski definition) is 2. The summed E-state index contributed by atoms with van der Waals surface area (Å²) in [6.07, 6.45) is 1.11. The van der Waals surface area contributed by atoms with E-state index < -0.39 is 6.10 Å². The highest BCUT2D eigenvalue weighted by molar-refractivity contribution is 5.75. The van der Waals surface area contributed by atoms with Crippen molar-refractivity contribution in [2.75, 3.05) is 26.6 Å². The van der Waals surface area contributed by atoms with E-state index in [1.165, 1.54) is 0 Å². The standard InChI is InChI=1S/C22H27NO6/c1-16-5-4-6-18(11-16)26-10-3-2-7-22(25)23-13-17(24)14-27-19-8-9-20-21(12-19)29-15-28-20/h4-6,8-9,11-12,17,24H,2-3,7,10,13-15H2,1H3,(H,23,25). The quantitative estimate of drug-likeness (QED) is 0.563. The third-order valence-corrected chi connectivity index (χ3v) is 4.38. The lowest BCUT2D eigenvalue weighted by Crippen LogP contribution is -2.35. The normalized spacial score (nSPS) is 13.0. The van der Waals surface area contributed by atoms with Crippen LogP contribution < -0.4 is 24.3 Å². The van der Waals surface area contributed by atoms with E-state index in [9.17, 15) is 9.90 Å². The van der Waals surface area contributed by atoms with Crippen LogP contribution in [-0.4, -0.2) is 43.7 Å². The monoisotopic (exact) mass is 401 g/mol. The Morgan fingerprint density at radius 2 is 1.93 bits per heavy atom. The summed E-state index contributed by atoms with van der Waals surface area (Å²) < 4.78 is 21.7. The Kier molecular flexibility index (Phi) is 7.58. The maximum Gasteiger partial charge on any atom is 0.231 e. The molecule has 7 nitrogen and oxygen atoms in total. The largest absolute Gasteiger partial charge is 0.494 e. The number of aryl methyl sites for hydroxylation is 1. The Hall–Kier alpha value is -2.93. The lowest BCUT2D eigenvalue weighted by atomic mass is 10.2. The van der Waals surface area contributed by atoms with Gasteiger partial charge in [0.25, 0.3) is 0 Å².